The third-order valence-corrected chi connectivity index (χ3v) is 3.42. The normalized spacial score (nSPS) is 24.0. The second kappa shape index (κ2) is 5.41. The predicted molar refractivity (Wildman–Crippen MR) is 72.5 cm³/mol. The lowest BCUT2D eigenvalue weighted by molar-refractivity contribution is -0.0102. The molecule has 2 rings (SSSR count). The molecule has 0 bridgehead atoms. The number of hydrogen-bond donors (Lipinski definition) is 1. The fraction of sp³-hybridized carbons (Fsp3) is 0.786. The van der Waals surface area contributed by atoms with E-state index in [1.165, 1.54) is 5.56 Å². The van der Waals surface area contributed by atoms with Gasteiger partial charge in [-0.2, -0.15) is 5.10 Å². The molecule has 0 amide bonds. The summed E-state index contributed by atoms with van der Waals surface area (Å²) in [6.45, 7) is 10.3. The maximum absolute atomic E-state index is 5.55. The lowest BCUT2D eigenvalue weighted by atomic mass is 9.89. The van der Waals surface area contributed by atoms with Crippen LogP contribution in [0.2, 0.25) is 0 Å². The Morgan fingerprint density at radius 3 is 2.72 bits per heavy atom. The molecule has 1 heterocycles. The third-order valence-electron chi connectivity index (χ3n) is 3.42. The highest BCUT2D eigenvalue weighted by molar-refractivity contribution is 5.05. The van der Waals surface area contributed by atoms with Crippen molar-refractivity contribution in [2.45, 2.75) is 64.8 Å². The molecule has 4 heteroatoms. The molecule has 0 atom stereocenters. The van der Waals surface area contributed by atoms with Gasteiger partial charge in [0.25, 0.3) is 0 Å². The molecule has 0 unspecified atom stereocenters. The molecule has 0 radical (unpaired) electrons. The van der Waals surface area contributed by atoms with Crippen LogP contribution in [0.4, 0.5) is 0 Å². The average molecular weight is 251 g/mol. The summed E-state index contributed by atoms with van der Waals surface area (Å²) >= 11 is 0. The molecule has 1 aliphatic carbocycles. The van der Waals surface area contributed by atoms with E-state index in [0.29, 0.717) is 12.1 Å². The van der Waals surface area contributed by atoms with Crippen molar-refractivity contribution in [3.63, 3.8) is 0 Å². The van der Waals surface area contributed by atoms with E-state index in [1.54, 1.807) is 0 Å². The molecule has 1 aromatic rings. The first kappa shape index (κ1) is 13.6. The van der Waals surface area contributed by atoms with Crippen LogP contribution in [0.5, 0.6) is 0 Å². The quantitative estimate of drug-likeness (QED) is 0.872. The number of aromatic nitrogens is 2. The number of nitrogens with zero attached hydrogens (tertiary/aromatic N) is 2. The highest BCUT2D eigenvalue weighted by Crippen LogP contribution is 2.23. The van der Waals surface area contributed by atoms with Gasteiger partial charge in [0.15, 0.2) is 0 Å². The number of nitrogens with one attached hydrogen (secondary N) is 1. The summed E-state index contributed by atoms with van der Waals surface area (Å²) in [6, 6.07) is 0.611. The molecule has 0 aliphatic heterocycles. The van der Waals surface area contributed by atoms with Gasteiger partial charge in [-0.1, -0.05) is 0 Å². The van der Waals surface area contributed by atoms with E-state index in [9.17, 15) is 0 Å². The molecular formula is C14H25N3O. The standard InChI is InChI=1S/C14H25N3O/c1-5-18-13-6-12(7-13)15-8-11-9-16-17(10-11)14(2,3)4/h9-10,12-13,15H,5-8H2,1-4H3. The number of hydrogen-bond acceptors (Lipinski definition) is 3. The van der Waals surface area contributed by atoms with Crippen LogP contribution in [-0.2, 0) is 16.8 Å². The van der Waals surface area contributed by atoms with Gasteiger partial charge in [0.2, 0.25) is 0 Å². The van der Waals surface area contributed by atoms with Gasteiger partial charge >= 0.3 is 0 Å². The smallest absolute Gasteiger partial charge is 0.0604 e. The van der Waals surface area contributed by atoms with Gasteiger partial charge in [0.05, 0.1) is 17.8 Å². The Morgan fingerprint density at radius 2 is 2.17 bits per heavy atom. The highest BCUT2D eigenvalue weighted by atomic mass is 16.5. The molecule has 102 valence electrons. The van der Waals surface area contributed by atoms with E-state index in [2.05, 4.69) is 44.3 Å². The lowest BCUT2D eigenvalue weighted by Crippen LogP contribution is -2.45. The first-order valence-corrected chi connectivity index (χ1v) is 6.88. The van der Waals surface area contributed by atoms with Crippen LogP contribution < -0.4 is 5.32 Å². The first-order valence-electron chi connectivity index (χ1n) is 6.88. The fourth-order valence-corrected chi connectivity index (χ4v) is 2.18. The van der Waals surface area contributed by atoms with Crippen LogP contribution >= 0.6 is 0 Å². The molecule has 18 heavy (non-hydrogen) atoms. The summed E-state index contributed by atoms with van der Waals surface area (Å²) in [7, 11) is 0. The third kappa shape index (κ3) is 3.33. The molecule has 0 spiro atoms. The van der Waals surface area contributed by atoms with E-state index in [1.807, 2.05) is 10.9 Å². The van der Waals surface area contributed by atoms with Crippen molar-refractivity contribution < 1.29 is 4.74 Å². The highest BCUT2D eigenvalue weighted by Gasteiger charge is 2.28. The molecule has 1 aliphatic rings. The fourth-order valence-electron chi connectivity index (χ4n) is 2.18. The number of ether oxygens (including phenoxy) is 1. The zero-order valence-electron chi connectivity index (χ0n) is 11.9. The summed E-state index contributed by atoms with van der Waals surface area (Å²) in [5.41, 5.74) is 1.32. The van der Waals surface area contributed by atoms with Crippen LogP contribution in [0.1, 0.15) is 46.1 Å². The van der Waals surface area contributed by atoms with Crippen LogP contribution in [0.15, 0.2) is 12.4 Å². The van der Waals surface area contributed by atoms with Gasteiger partial charge in [-0.3, -0.25) is 4.68 Å². The molecule has 1 N–H and O–H groups in total. The van der Waals surface area contributed by atoms with Crippen molar-refractivity contribution in [3.05, 3.63) is 18.0 Å². The molecule has 1 fully saturated rings. The topological polar surface area (TPSA) is 39.1 Å². The molecule has 0 saturated heterocycles. The second-order valence-corrected chi connectivity index (χ2v) is 6.09. The summed E-state index contributed by atoms with van der Waals surface area (Å²) in [6.07, 6.45) is 6.84. The van der Waals surface area contributed by atoms with Gasteiger partial charge in [0.1, 0.15) is 0 Å². The maximum Gasteiger partial charge on any atom is 0.0604 e. The Kier molecular flexibility index (Phi) is 4.07. The van der Waals surface area contributed by atoms with Crippen LogP contribution in [0.3, 0.4) is 0 Å². The summed E-state index contributed by atoms with van der Waals surface area (Å²) in [5.74, 6) is 0. The van der Waals surface area contributed by atoms with Crippen LogP contribution in [0, 0.1) is 0 Å². The molecule has 1 aromatic heterocycles. The van der Waals surface area contributed by atoms with Crippen LogP contribution in [-0.4, -0.2) is 28.5 Å². The van der Waals surface area contributed by atoms with Crippen molar-refractivity contribution in [2.75, 3.05) is 6.61 Å². The van der Waals surface area contributed by atoms with Crippen molar-refractivity contribution in [1.29, 1.82) is 0 Å². The van der Waals surface area contributed by atoms with Gasteiger partial charge in [0, 0.05) is 31.0 Å². The van der Waals surface area contributed by atoms with Gasteiger partial charge in [-0.25, -0.2) is 0 Å². The Balaban J connectivity index is 1.73. The van der Waals surface area contributed by atoms with Crippen molar-refractivity contribution in [3.8, 4) is 0 Å². The first-order chi connectivity index (χ1) is 8.49. The summed E-state index contributed by atoms with van der Waals surface area (Å²) in [4.78, 5) is 0. The average Bonchev–Trinajstić information content (AvgIpc) is 2.69. The molecule has 4 nitrogen and oxygen atoms in total. The minimum absolute atomic E-state index is 0.0643. The Morgan fingerprint density at radius 1 is 1.44 bits per heavy atom. The van der Waals surface area contributed by atoms with Crippen molar-refractivity contribution in [2.24, 2.45) is 0 Å². The van der Waals surface area contributed by atoms with Crippen molar-refractivity contribution >= 4 is 0 Å². The zero-order valence-corrected chi connectivity index (χ0v) is 11.9. The molecule has 0 aromatic carbocycles. The van der Waals surface area contributed by atoms with Gasteiger partial charge in [-0.05, 0) is 40.5 Å². The van der Waals surface area contributed by atoms with E-state index in [4.69, 9.17) is 4.74 Å². The SMILES string of the molecule is CCOC1CC(NCc2cnn(C(C)(C)C)c2)C1. The van der Waals surface area contributed by atoms with E-state index < -0.39 is 0 Å². The minimum atomic E-state index is 0.0643. The zero-order chi connectivity index (χ0) is 13.2. The minimum Gasteiger partial charge on any atom is -0.378 e. The van der Waals surface area contributed by atoms with Gasteiger partial charge < -0.3 is 10.1 Å². The molecular weight excluding hydrogens is 226 g/mol. The van der Waals surface area contributed by atoms with Crippen LogP contribution in [0.25, 0.3) is 0 Å². The summed E-state index contributed by atoms with van der Waals surface area (Å²) in [5, 5.41) is 7.96. The number of rotatable bonds is 5. The predicted octanol–water partition coefficient (Wildman–Crippen LogP) is 2.30. The lowest BCUT2D eigenvalue weighted by Gasteiger charge is -2.35. The van der Waals surface area contributed by atoms with Crippen molar-refractivity contribution in [1.82, 2.24) is 15.1 Å². The second-order valence-electron chi connectivity index (χ2n) is 6.09. The summed E-state index contributed by atoms with van der Waals surface area (Å²) < 4.78 is 7.57. The largest absolute Gasteiger partial charge is 0.378 e. The Labute approximate surface area is 110 Å². The van der Waals surface area contributed by atoms with E-state index >= 15 is 0 Å². The molecule has 1 saturated carbocycles. The van der Waals surface area contributed by atoms with E-state index in [0.717, 1.165) is 26.0 Å². The van der Waals surface area contributed by atoms with E-state index in [-0.39, 0.29) is 5.54 Å². The van der Waals surface area contributed by atoms with Gasteiger partial charge in [-0.15, -0.1) is 0 Å². The maximum atomic E-state index is 5.55. The Bertz CT molecular complexity index is 375. The Hall–Kier alpha value is -0.870. The monoisotopic (exact) mass is 251 g/mol.